The number of urea groups is 1. The van der Waals surface area contributed by atoms with Crippen LogP contribution in [0.15, 0.2) is 23.6 Å². The van der Waals surface area contributed by atoms with E-state index >= 15 is 0 Å². The van der Waals surface area contributed by atoms with E-state index < -0.39 is 23.6 Å². The molecule has 1 saturated heterocycles. The van der Waals surface area contributed by atoms with Gasteiger partial charge in [0, 0.05) is 25.4 Å². The number of benzene rings is 1. The smallest absolute Gasteiger partial charge is 0.336 e. The minimum absolute atomic E-state index is 0.0477. The molecule has 1 aromatic heterocycles. The van der Waals surface area contributed by atoms with Crippen LogP contribution in [0, 0.1) is 0 Å². The zero-order valence-corrected chi connectivity index (χ0v) is 15.9. The molecule has 8 nitrogen and oxygen atoms in total. The summed E-state index contributed by atoms with van der Waals surface area (Å²) in [6, 6.07) is 2.37. The summed E-state index contributed by atoms with van der Waals surface area (Å²) >= 11 is 1.18. The van der Waals surface area contributed by atoms with Gasteiger partial charge in [0.25, 0.3) is 0 Å². The van der Waals surface area contributed by atoms with E-state index in [2.05, 4.69) is 20.9 Å². The zero-order chi connectivity index (χ0) is 21.2. The van der Waals surface area contributed by atoms with Crippen LogP contribution in [-0.2, 0) is 22.2 Å². The number of amides is 4. The lowest BCUT2D eigenvalue weighted by Crippen LogP contribution is -2.27. The summed E-state index contributed by atoms with van der Waals surface area (Å²) in [5, 5.41) is 9.43. The van der Waals surface area contributed by atoms with Crippen LogP contribution in [0.25, 0.3) is 0 Å². The second kappa shape index (κ2) is 8.07. The molecule has 1 aliphatic rings. The largest absolute Gasteiger partial charge is 0.416 e. The Labute approximate surface area is 167 Å². The van der Waals surface area contributed by atoms with Gasteiger partial charge in [0.05, 0.1) is 29.1 Å². The number of hydrogen-bond acceptors (Lipinski definition) is 5. The van der Waals surface area contributed by atoms with Crippen LogP contribution in [-0.4, -0.2) is 35.9 Å². The molecule has 0 bridgehead atoms. The average Bonchev–Trinajstić information content (AvgIpc) is 3.23. The second-order valence-electron chi connectivity index (χ2n) is 6.17. The second-order valence-corrected chi connectivity index (χ2v) is 7.01. The fraction of sp³-hybridized carbons (Fsp3) is 0.294. The Bertz CT molecular complexity index is 960. The van der Waals surface area contributed by atoms with Crippen LogP contribution in [0.4, 0.5) is 34.5 Å². The fourth-order valence-corrected chi connectivity index (χ4v) is 3.49. The molecule has 29 heavy (non-hydrogen) atoms. The first kappa shape index (κ1) is 20.6. The summed E-state index contributed by atoms with van der Waals surface area (Å²) in [5.74, 6) is -1.10. The highest BCUT2D eigenvalue weighted by Gasteiger charge is 2.31. The molecule has 0 aliphatic carbocycles. The molecule has 2 heterocycles. The van der Waals surface area contributed by atoms with Gasteiger partial charge in [-0.05, 0) is 18.2 Å². The van der Waals surface area contributed by atoms with Gasteiger partial charge in [-0.15, -0.1) is 11.3 Å². The van der Waals surface area contributed by atoms with Crippen molar-refractivity contribution < 1.29 is 27.6 Å². The van der Waals surface area contributed by atoms with Crippen molar-refractivity contribution in [2.24, 2.45) is 0 Å². The molecule has 1 aliphatic heterocycles. The number of carbonyl (C=O) groups excluding carboxylic acids is 3. The number of rotatable bonds is 5. The van der Waals surface area contributed by atoms with Crippen molar-refractivity contribution >= 4 is 45.7 Å². The third kappa shape index (κ3) is 5.02. The number of alkyl halides is 3. The van der Waals surface area contributed by atoms with Crippen molar-refractivity contribution in [1.82, 2.24) is 10.3 Å². The van der Waals surface area contributed by atoms with Crippen molar-refractivity contribution in [2.75, 3.05) is 28.6 Å². The van der Waals surface area contributed by atoms with E-state index in [1.54, 1.807) is 5.38 Å². The van der Waals surface area contributed by atoms with Crippen molar-refractivity contribution in [1.29, 1.82) is 0 Å². The third-order valence-electron chi connectivity index (χ3n) is 3.90. The van der Waals surface area contributed by atoms with E-state index in [9.17, 15) is 27.6 Å². The maximum absolute atomic E-state index is 13.0. The number of thiazole rings is 1. The number of anilines is 3. The van der Waals surface area contributed by atoms with E-state index in [-0.39, 0.29) is 23.8 Å². The van der Waals surface area contributed by atoms with Gasteiger partial charge in [-0.25, -0.2) is 9.78 Å². The molecular formula is C17H16F3N5O3S. The minimum Gasteiger partial charge on any atom is -0.336 e. The Kier molecular flexibility index (Phi) is 5.73. The lowest BCUT2D eigenvalue weighted by Gasteiger charge is -2.14. The van der Waals surface area contributed by atoms with Crippen LogP contribution >= 0.6 is 11.3 Å². The number of hydrogen-bond donors (Lipinski definition) is 3. The van der Waals surface area contributed by atoms with Gasteiger partial charge >= 0.3 is 12.2 Å². The normalized spacial score (nSPS) is 13.9. The number of aromatic nitrogens is 1. The van der Waals surface area contributed by atoms with Gasteiger partial charge in [-0.2, -0.15) is 13.2 Å². The van der Waals surface area contributed by atoms with Crippen LogP contribution in [0.2, 0.25) is 0 Å². The molecule has 154 valence electrons. The topological polar surface area (TPSA) is 103 Å². The summed E-state index contributed by atoms with van der Waals surface area (Å²) < 4.78 is 38.9. The Morgan fingerprint density at radius 2 is 2.03 bits per heavy atom. The third-order valence-corrected chi connectivity index (χ3v) is 4.81. The Hall–Kier alpha value is -3.15. The molecule has 0 radical (unpaired) electrons. The van der Waals surface area contributed by atoms with E-state index in [1.807, 2.05) is 0 Å². The summed E-state index contributed by atoms with van der Waals surface area (Å²) in [6.07, 6.45) is -4.81. The quantitative estimate of drug-likeness (QED) is 0.683. The number of nitrogens with zero attached hydrogens (tertiary/aromatic N) is 2. The molecule has 4 amide bonds. The van der Waals surface area contributed by atoms with Crippen molar-refractivity contribution in [2.45, 2.75) is 19.5 Å². The average molecular weight is 427 g/mol. The SMILES string of the molecule is CC(=O)Nc1ccc(C(F)(F)F)cc1NC(=O)Cc1csc(N2CCNC2=O)n1. The summed E-state index contributed by atoms with van der Waals surface area (Å²) in [6.45, 7) is 2.16. The summed E-state index contributed by atoms with van der Waals surface area (Å²) in [5.41, 5.74) is -0.714. The molecule has 0 spiro atoms. The molecule has 2 aromatic rings. The lowest BCUT2D eigenvalue weighted by atomic mass is 10.1. The lowest BCUT2D eigenvalue weighted by molar-refractivity contribution is -0.137. The summed E-state index contributed by atoms with van der Waals surface area (Å²) in [4.78, 5) is 41.0. The number of nitrogens with one attached hydrogen (secondary N) is 3. The van der Waals surface area contributed by atoms with Gasteiger partial charge in [0.1, 0.15) is 0 Å². The molecule has 0 atom stereocenters. The Morgan fingerprint density at radius 3 is 2.66 bits per heavy atom. The van der Waals surface area contributed by atoms with Crippen LogP contribution in [0.5, 0.6) is 0 Å². The van der Waals surface area contributed by atoms with Crippen LogP contribution in [0.1, 0.15) is 18.2 Å². The van der Waals surface area contributed by atoms with Gasteiger partial charge in [0.15, 0.2) is 5.13 Å². The van der Waals surface area contributed by atoms with Crippen molar-refractivity contribution in [3.63, 3.8) is 0 Å². The monoisotopic (exact) mass is 427 g/mol. The first-order valence-corrected chi connectivity index (χ1v) is 9.30. The maximum atomic E-state index is 13.0. The summed E-state index contributed by atoms with van der Waals surface area (Å²) in [7, 11) is 0. The maximum Gasteiger partial charge on any atom is 0.416 e. The predicted molar refractivity (Wildman–Crippen MR) is 101 cm³/mol. The van der Waals surface area contributed by atoms with E-state index in [1.165, 1.54) is 23.2 Å². The predicted octanol–water partition coefficient (Wildman–Crippen LogP) is 2.83. The molecule has 3 rings (SSSR count). The van der Waals surface area contributed by atoms with Crippen LogP contribution in [0.3, 0.4) is 0 Å². The standard InChI is InChI=1S/C17H16F3N5O3S/c1-9(26)22-12-3-2-10(17(18,19)20)6-13(12)24-14(27)7-11-8-29-16(23-11)25-5-4-21-15(25)28/h2-3,6,8H,4-5,7H2,1H3,(H,21,28)(H,22,26)(H,24,27). The van der Waals surface area contributed by atoms with E-state index in [4.69, 9.17) is 0 Å². The molecule has 0 unspecified atom stereocenters. The van der Waals surface area contributed by atoms with Gasteiger partial charge in [0.2, 0.25) is 11.8 Å². The first-order chi connectivity index (χ1) is 13.6. The van der Waals surface area contributed by atoms with Crippen molar-refractivity contribution in [3.05, 3.63) is 34.8 Å². The van der Waals surface area contributed by atoms with Gasteiger partial charge < -0.3 is 16.0 Å². The Morgan fingerprint density at radius 1 is 1.28 bits per heavy atom. The molecular weight excluding hydrogens is 411 g/mol. The highest BCUT2D eigenvalue weighted by molar-refractivity contribution is 7.14. The highest BCUT2D eigenvalue weighted by Crippen LogP contribution is 2.34. The number of carbonyl (C=O) groups is 3. The first-order valence-electron chi connectivity index (χ1n) is 8.42. The Balaban J connectivity index is 1.75. The van der Waals surface area contributed by atoms with E-state index in [0.717, 1.165) is 18.2 Å². The van der Waals surface area contributed by atoms with E-state index in [0.29, 0.717) is 23.9 Å². The molecule has 3 N–H and O–H groups in total. The molecule has 1 fully saturated rings. The van der Waals surface area contributed by atoms with Crippen LogP contribution < -0.4 is 20.9 Å². The zero-order valence-electron chi connectivity index (χ0n) is 15.1. The fourth-order valence-electron chi connectivity index (χ4n) is 2.64. The minimum atomic E-state index is -4.60. The molecule has 12 heteroatoms. The molecule has 1 aromatic carbocycles. The highest BCUT2D eigenvalue weighted by atomic mass is 32.1. The molecule has 0 saturated carbocycles. The number of halogens is 3. The van der Waals surface area contributed by atoms with Crippen molar-refractivity contribution in [3.8, 4) is 0 Å². The van der Waals surface area contributed by atoms with Gasteiger partial charge in [-0.3, -0.25) is 14.5 Å². The van der Waals surface area contributed by atoms with Gasteiger partial charge in [-0.1, -0.05) is 0 Å².